The Balaban J connectivity index is 1.47. The molecular formula is C16H18N6OS. The highest BCUT2D eigenvalue weighted by Gasteiger charge is 2.09. The minimum Gasteiger partial charge on any atom is -0.383 e. The Morgan fingerprint density at radius 2 is 2.12 bits per heavy atom. The molecule has 3 aromatic rings. The molecule has 0 aliphatic heterocycles. The molecule has 1 atom stereocenters. The summed E-state index contributed by atoms with van der Waals surface area (Å²) in [6, 6.07) is 11.3. The first-order valence-corrected chi connectivity index (χ1v) is 8.40. The number of benzene rings is 1. The van der Waals surface area contributed by atoms with Gasteiger partial charge in [0.25, 0.3) is 0 Å². The van der Waals surface area contributed by atoms with Gasteiger partial charge < -0.3 is 10.6 Å². The van der Waals surface area contributed by atoms with Crippen molar-refractivity contribution in [1.82, 2.24) is 20.1 Å². The zero-order chi connectivity index (χ0) is 16.8. The van der Waals surface area contributed by atoms with Crippen molar-refractivity contribution in [2.24, 2.45) is 0 Å². The number of urea groups is 1. The number of nitrogens with zero attached hydrogens (tertiary/aromatic N) is 3. The van der Waals surface area contributed by atoms with Gasteiger partial charge in [0, 0.05) is 42.1 Å². The number of thiazole rings is 1. The summed E-state index contributed by atoms with van der Waals surface area (Å²) in [7, 11) is 0. The van der Waals surface area contributed by atoms with Crippen LogP contribution in [0.15, 0.2) is 54.2 Å². The molecule has 0 radical (unpaired) electrons. The molecule has 7 nitrogen and oxygen atoms in total. The highest BCUT2D eigenvalue weighted by atomic mass is 32.1. The third kappa shape index (κ3) is 4.32. The maximum atomic E-state index is 12.0. The number of carbonyl (C=O) groups is 1. The average molecular weight is 342 g/mol. The van der Waals surface area contributed by atoms with Gasteiger partial charge in [-0.1, -0.05) is 18.2 Å². The molecule has 0 saturated heterocycles. The van der Waals surface area contributed by atoms with Gasteiger partial charge in [-0.05, 0) is 19.1 Å². The van der Waals surface area contributed by atoms with Gasteiger partial charge in [-0.25, -0.2) is 14.5 Å². The topological polar surface area (TPSA) is 83.9 Å². The Morgan fingerprint density at radius 1 is 1.29 bits per heavy atom. The Labute approximate surface area is 143 Å². The molecule has 2 heterocycles. The molecule has 24 heavy (non-hydrogen) atoms. The molecule has 0 spiro atoms. The van der Waals surface area contributed by atoms with E-state index in [0.717, 1.165) is 10.8 Å². The molecule has 3 rings (SSSR count). The number of nitrogens with one attached hydrogen (secondary N) is 3. The van der Waals surface area contributed by atoms with Gasteiger partial charge in [0.1, 0.15) is 0 Å². The highest BCUT2D eigenvalue weighted by molar-refractivity contribution is 7.12. The smallest absolute Gasteiger partial charge is 0.320 e. The van der Waals surface area contributed by atoms with E-state index in [2.05, 4.69) is 26.0 Å². The van der Waals surface area contributed by atoms with Crippen molar-refractivity contribution in [1.29, 1.82) is 0 Å². The van der Waals surface area contributed by atoms with Crippen LogP contribution in [0.2, 0.25) is 0 Å². The molecule has 0 saturated carbocycles. The average Bonchev–Trinajstić information content (AvgIpc) is 3.25. The van der Waals surface area contributed by atoms with Gasteiger partial charge in [-0.15, -0.1) is 16.4 Å². The highest BCUT2D eigenvalue weighted by Crippen LogP contribution is 2.12. The van der Waals surface area contributed by atoms with Crippen molar-refractivity contribution in [2.75, 3.05) is 17.2 Å². The summed E-state index contributed by atoms with van der Waals surface area (Å²) < 4.78 is 1.63. The van der Waals surface area contributed by atoms with Crippen molar-refractivity contribution < 1.29 is 4.79 Å². The van der Waals surface area contributed by atoms with Crippen LogP contribution in [0.4, 0.5) is 16.3 Å². The lowest BCUT2D eigenvalue weighted by molar-refractivity contribution is 0.249. The van der Waals surface area contributed by atoms with E-state index in [1.54, 1.807) is 23.1 Å². The van der Waals surface area contributed by atoms with Crippen LogP contribution in [-0.4, -0.2) is 33.4 Å². The van der Waals surface area contributed by atoms with Crippen LogP contribution >= 0.6 is 11.3 Å². The fourth-order valence-corrected chi connectivity index (χ4v) is 2.66. The predicted molar refractivity (Wildman–Crippen MR) is 95.8 cm³/mol. The van der Waals surface area contributed by atoms with Crippen LogP contribution in [0.3, 0.4) is 0 Å². The maximum absolute atomic E-state index is 12.0. The summed E-state index contributed by atoms with van der Waals surface area (Å²) in [5, 5.41) is 15.8. The number of aromatic nitrogens is 3. The lowest BCUT2D eigenvalue weighted by Crippen LogP contribution is -2.40. The molecule has 1 unspecified atom stereocenters. The minimum absolute atomic E-state index is 0.0359. The molecule has 0 aliphatic rings. The second-order valence-electron chi connectivity index (χ2n) is 5.21. The van der Waals surface area contributed by atoms with Crippen LogP contribution in [0.25, 0.3) is 5.13 Å². The first-order chi connectivity index (χ1) is 11.7. The maximum Gasteiger partial charge on any atom is 0.320 e. The summed E-state index contributed by atoms with van der Waals surface area (Å²) in [4.78, 5) is 16.2. The number of hydrogen-bond donors (Lipinski definition) is 3. The molecule has 0 bridgehead atoms. The number of rotatable bonds is 6. The molecule has 124 valence electrons. The number of hydrogen-bond acceptors (Lipinski definition) is 5. The molecule has 2 aromatic heterocycles. The Hall–Kier alpha value is -2.87. The van der Waals surface area contributed by atoms with Crippen LogP contribution in [0, 0.1) is 0 Å². The number of anilines is 2. The molecule has 1 aromatic carbocycles. The van der Waals surface area contributed by atoms with E-state index in [-0.39, 0.29) is 12.1 Å². The van der Waals surface area contributed by atoms with E-state index in [0.29, 0.717) is 12.4 Å². The first-order valence-electron chi connectivity index (χ1n) is 7.53. The quantitative estimate of drug-likeness (QED) is 0.643. The molecule has 0 aliphatic carbocycles. The summed E-state index contributed by atoms with van der Waals surface area (Å²) in [6.07, 6.45) is 3.47. The summed E-state index contributed by atoms with van der Waals surface area (Å²) in [5.41, 5.74) is 1.02. The zero-order valence-corrected chi connectivity index (χ0v) is 14.0. The summed E-state index contributed by atoms with van der Waals surface area (Å²) >= 11 is 1.48. The SMILES string of the molecule is CC(CNc1ccccc1)NC(=O)Nc1ccn(-c2nccs2)n1. The number of amides is 2. The van der Waals surface area contributed by atoms with Crippen molar-refractivity contribution in [3.05, 3.63) is 54.2 Å². The van der Waals surface area contributed by atoms with E-state index in [1.165, 1.54) is 11.3 Å². The monoisotopic (exact) mass is 342 g/mol. The van der Waals surface area contributed by atoms with Crippen molar-refractivity contribution in [2.45, 2.75) is 13.0 Å². The van der Waals surface area contributed by atoms with Crippen molar-refractivity contribution in [3.8, 4) is 5.13 Å². The van der Waals surface area contributed by atoms with E-state index >= 15 is 0 Å². The second-order valence-corrected chi connectivity index (χ2v) is 6.08. The minimum atomic E-state index is -0.290. The molecule has 0 fully saturated rings. The third-order valence-electron chi connectivity index (χ3n) is 3.21. The number of carbonyl (C=O) groups excluding carboxylic acids is 1. The Morgan fingerprint density at radius 3 is 2.88 bits per heavy atom. The standard InChI is InChI=1S/C16H18N6OS/c1-12(11-18-13-5-3-2-4-6-13)19-15(23)20-14-7-9-22(21-14)16-17-8-10-24-16/h2-10,12,18H,11H2,1H3,(H2,19,20,21,23). The van der Waals surface area contributed by atoms with E-state index in [9.17, 15) is 4.79 Å². The fourth-order valence-electron chi connectivity index (χ4n) is 2.08. The van der Waals surface area contributed by atoms with Crippen LogP contribution in [0.5, 0.6) is 0 Å². The second kappa shape index (κ2) is 7.60. The molecule has 2 amide bonds. The van der Waals surface area contributed by atoms with Crippen molar-refractivity contribution >= 4 is 28.9 Å². The normalized spacial score (nSPS) is 11.7. The van der Waals surface area contributed by atoms with Gasteiger partial charge in [-0.2, -0.15) is 0 Å². The van der Waals surface area contributed by atoms with Crippen LogP contribution in [0.1, 0.15) is 6.92 Å². The van der Waals surface area contributed by atoms with Crippen LogP contribution in [-0.2, 0) is 0 Å². The van der Waals surface area contributed by atoms with E-state index in [1.807, 2.05) is 42.6 Å². The molecule has 8 heteroatoms. The van der Waals surface area contributed by atoms with Gasteiger partial charge in [0.15, 0.2) is 5.82 Å². The lowest BCUT2D eigenvalue weighted by Gasteiger charge is -2.15. The Bertz CT molecular complexity index is 771. The van der Waals surface area contributed by atoms with Gasteiger partial charge in [0.2, 0.25) is 5.13 Å². The van der Waals surface area contributed by atoms with Gasteiger partial charge in [-0.3, -0.25) is 5.32 Å². The number of para-hydroxylation sites is 1. The van der Waals surface area contributed by atoms with Crippen molar-refractivity contribution in [3.63, 3.8) is 0 Å². The molecular weight excluding hydrogens is 324 g/mol. The van der Waals surface area contributed by atoms with Gasteiger partial charge >= 0.3 is 6.03 Å². The van der Waals surface area contributed by atoms with Gasteiger partial charge in [0.05, 0.1) is 0 Å². The first kappa shape index (κ1) is 16.0. The largest absolute Gasteiger partial charge is 0.383 e. The summed E-state index contributed by atoms with van der Waals surface area (Å²) in [6.45, 7) is 2.56. The molecule has 3 N–H and O–H groups in total. The predicted octanol–water partition coefficient (Wildman–Crippen LogP) is 2.95. The van der Waals surface area contributed by atoms with E-state index in [4.69, 9.17) is 0 Å². The van der Waals surface area contributed by atoms with E-state index < -0.39 is 0 Å². The Kier molecular flexibility index (Phi) is 5.07. The summed E-state index contributed by atoms with van der Waals surface area (Å²) in [5.74, 6) is 0.478. The fraction of sp³-hybridized carbons (Fsp3) is 0.188. The van der Waals surface area contributed by atoms with Crippen LogP contribution < -0.4 is 16.0 Å². The third-order valence-corrected chi connectivity index (χ3v) is 3.97. The zero-order valence-electron chi connectivity index (χ0n) is 13.1. The lowest BCUT2D eigenvalue weighted by atomic mass is 10.3.